The molecule has 0 saturated carbocycles. The molecule has 0 aromatic heterocycles. The number of carboxylic acids is 1. The number of rotatable bonds is 4. The highest BCUT2D eigenvalue weighted by molar-refractivity contribution is 7.89. The molecule has 0 radical (unpaired) electrons. The minimum atomic E-state index is -3.53. The molecular weight excluding hydrogens is 304 g/mol. The van der Waals surface area contributed by atoms with Crippen LogP contribution in [0.25, 0.3) is 0 Å². The summed E-state index contributed by atoms with van der Waals surface area (Å²) in [7, 11) is -3.53. The van der Waals surface area contributed by atoms with Crippen molar-refractivity contribution in [3.05, 3.63) is 29.8 Å². The van der Waals surface area contributed by atoms with Gasteiger partial charge < -0.3 is 5.11 Å². The second-order valence-corrected chi connectivity index (χ2v) is 7.82. The van der Waals surface area contributed by atoms with Gasteiger partial charge in [0.25, 0.3) is 0 Å². The summed E-state index contributed by atoms with van der Waals surface area (Å²) in [5.41, 5.74) is 0.0929. The molecule has 1 unspecified atom stereocenters. The van der Waals surface area contributed by atoms with Crippen LogP contribution in [-0.4, -0.2) is 60.9 Å². The van der Waals surface area contributed by atoms with Crippen LogP contribution in [0.2, 0.25) is 0 Å². The van der Waals surface area contributed by atoms with E-state index in [0.717, 1.165) is 19.5 Å². The topological polar surface area (TPSA) is 77.9 Å². The molecule has 1 aromatic rings. The molecule has 2 fully saturated rings. The number of carboxylic acid groups (broad SMARTS) is 1. The number of hydrogen-bond acceptors (Lipinski definition) is 4. The molecular formula is C15H20N2O4S. The SMILES string of the molecule is O=C(O)c1ccc(S(=O)(=O)N2CCC(N3CCCC3)C2)cc1. The van der Waals surface area contributed by atoms with Crippen LogP contribution >= 0.6 is 0 Å². The Balaban J connectivity index is 1.74. The van der Waals surface area contributed by atoms with E-state index < -0.39 is 16.0 Å². The van der Waals surface area contributed by atoms with Crippen molar-refractivity contribution in [3.8, 4) is 0 Å². The standard InChI is InChI=1S/C15H20N2O4S/c18-15(19)12-3-5-14(6-4-12)22(20,21)17-10-7-13(11-17)16-8-1-2-9-16/h3-6,13H,1-2,7-11H2,(H,18,19). The lowest BCUT2D eigenvalue weighted by molar-refractivity contribution is 0.0696. The van der Waals surface area contributed by atoms with Crippen LogP contribution in [0.4, 0.5) is 0 Å². The highest BCUT2D eigenvalue weighted by Gasteiger charge is 2.35. The predicted octanol–water partition coefficient (Wildman–Crippen LogP) is 1.24. The van der Waals surface area contributed by atoms with Gasteiger partial charge in [-0.2, -0.15) is 4.31 Å². The molecule has 1 atom stereocenters. The summed E-state index contributed by atoms with van der Waals surface area (Å²) in [6.07, 6.45) is 3.26. The van der Waals surface area contributed by atoms with Crippen molar-refractivity contribution in [2.24, 2.45) is 0 Å². The molecule has 7 heteroatoms. The highest BCUT2D eigenvalue weighted by atomic mass is 32.2. The second kappa shape index (κ2) is 5.98. The minimum absolute atomic E-state index is 0.0929. The van der Waals surface area contributed by atoms with Gasteiger partial charge in [-0.1, -0.05) is 0 Å². The zero-order valence-corrected chi connectivity index (χ0v) is 13.1. The molecule has 120 valence electrons. The number of sulfonamides is 1. The van der Waals surface area contributed by atoms with Crippen molar-refractivity contribution in [1.82, 2.24) is 9.21 Å². The molecule has 1 aromatic carbocycles. The third-order valence-electron chi connectivity index (χ3n) is 4.52. The van der Waals surface area contributed by atoms with Crippen LogP contribution < -0.4 is 0 Å². The van der Waals surface area contributed by atoms with Gasteiger partial charge in [-0.15, -0.1) is 0 Å². The summed E-state index contributed by atoms with van der Waals surface area (Å²) < 4.78 is 26.8. The van der Waals surface area contributed by atoms with Crippen LogP contribution in [0.3, 0.4) is 0 Å². The fraction of sp³-hybridized carbons (Fsp3) is 0.533. The Morgan fingerprint density at radius 2 is 1.73 bits per heavy atom. The second-order valence-electron chi connectivity index (χ2n) is 5.88. The van der Waals surface area contributed by atoms with Gasteiger partial charge in [-0.25, -0.2) is 13.2 Å². The Labute approximate surface area is 130 Å². The Morgan fingerprint density at radius 1 is 1.09 bits per heavy atom. The van der Waals surface area contributed by atoms with Gasteiger partial charge in [0.15, 0.2) is 0 Å². The maximum absolute atomic E-state index is 12.6. The normalized spacial score (nSPS) is 23.9. The van der Waals surface area contributed by atoms with Gasteiger partial charge in [0, 0.05) is 19.1 Å². The first kappa shape index (κ1) is 15.5. The van der Waals surface area contributed by atoms with Crippen molar-refractivity contribution >= 4 is 16.0 Å². The zero-order chi connectivity index (χ0) is 15.7. The van der Waals surface area contributed by atoms with Crippen LogP contribution in [0, 0.1) is 0 Å². The monoisotopic (exact) mass is 324 g/mol. The Bertz CT molecular complexity index is 651. The van der Waals surface area contributed by atoms with E-state index in [1.54, 1.807) is 0 Å². The van der Waals surface area contributed by atoms with Gasteiger partial charge in [-0.05, 0) is 56.6 Å². The van der Waals surface area contributed by atoms with Gasteiger partial charge in [0.1, 0.15) is 0 Å². The molecule has 22 heavy (non-hydrogen) atoms. The first-order valence-electron chi connectivity index (χ1n) is 7.56. The lowest BCUT2D eigenvalue weighted by Crippen LogP contribution is -2.37. The number of likely N-dealkylation sites (tertiary alicyclic amines) is 1. The molecule has 0 bridgehead atoms. The summed E-state index contributed by atoms with van der Waals surface area (Å²) in [5.74, 6) is -1.06. The maximum Gasteiger partial charge on any atom is 0.335 e. The lowest BCUT2D eigenvalue weighted by atomic mass is 10.2. The third kappa shape index (κ3) is 2.88. The van der Waals surface area contributed by atoms with E-state index in [4.69, 9.17) is 5.11 Å². The molecule has 6 nitrogen and oxygen atoms in total. The number of carbonyl (C=O) groups is 1. The highest BCUT2D eigenvalue weighted by Crippen LogP contribution is 2.25. The van der Waals surface area contributed by atoms with Gasteiger partial charge >= 0.3 is 5.97 Å². The quantitative estimate of drug-likeness (QED) is 0.902. The molecule has 0 spiro atoms. The molecule has 1 N–H and O–H groups in total. The molecule has 0 aliphatic carbocycles. The van der Waals surface area contributed by atoms with Crippen LogP contribution in [0.5, 0.6) is 0 Å². The number of hydrogen-bond donors (Lipinski definition) is 1. The average Bonchev–Trinajstić information content (AvgIpc) is 3.18. The van der Waals surface area contributed by atoms with E-state index in [1.807, 2.05) is 0 Å². The van der Waals surface area contributed by atoms with Crippen molar-refractivity contribution in [3.63, 3.8) is 0 Å². The molecule has 2 aliphatic rings. The summed E-state index contributed by atoms with van der Waals surface area (Å²) in [6, 6.07) is 5.74. The maximum atomic E-state index is 12.6. The Hall–Kier alpha value is -1.44. The van der Waals surface area contributed by atoms with Gasteiger partial charge in [-0.3, -0.25) is 4.90 Å². The zero-order valence-electron chi connectivity index (χ0n) is 12.3. The first-order chi connectivity index (χ1) is 10.5. The molecule has 0 amide bonds. The summed E-state index contributed by atoms with van der Waals surface area (Å²) in [4.78, 5) is 13.4. The smallest absolute Gasteiger partial charge is 0.335 e. The van der Waals surface area contributed by atoms with E-state index in [-0.39, 0.29) is 10.5 Å². The summed E-state index contributed by atoms with van der Waals surface area (Å²) >= 11 is 0. The third-order valence-corrected chi connectivity index (χ3v) is 6.40. The minimum Gasteiger partial charge on any atom is -0.478 e. The summed E-state index contributed by atoms with van der Waals surface area (Å²) in [6.45, 7) is 3.19. The molecule has 2 aliphatic heterocycles. The largest absolute Gasteiger partial charge is 0.478 e. The molecule has 2 heterocycles. The number of benzene rings is 1. The van der Waals surface area contributed by atoms with Crippen LogP contribution in [0.15, 0.2) is 29.2 Å². The fourth-order valence-corrected chi connectivity index (χ4v) is 4.74. The van der Waals surface area contributed by atoms with Crippen molar-refractivity contribution in [2.75, 3.05) is 26.2 Å². The van der Waals surface area contributed by atoms with Crippen molar-refractivity contribution in [2.45, 2.75) is 30.2 Å². The Kier molecular flexibility index (Phi) is 4.20. The van der Waals surface area contributed by atoms with Gasteiger partial charge in [0.05, 0.1) is 10.5 Å². The Morgan fingerprint density at radius 3 is 2.32 bits per heavy atom. The fourth-order valence-electron chi connectivity index (χ4n) is 3.25. The first-order valence-corrected chi connectivity index (χ1v) is 9.00. The molecule has 2 saturated heterocycles. The van der Waals surface area contributed by atoms with E-state index in [1.165, 1.54) is 41.4 Å². The predicted molar refractivity (Wildman–Crippen MR) is 81.4 cm³/mol. The van der Waals surface area contributed by atoms with Crippen molar-refractivity contribution in [1.29, 1.82) is 0 Å². The number of nitrogens with zero attached hydrogens (tertiary/aromatic N) is 2. The number of aromatic carboxylic acids is 1. The van der Waals surface area contributed by atoms with E-state index in [0.29, 0.717) is 19.1 Å². The van der Waals surface area contributed by atoms with E-state index in [9.17, 15) is 13.2 Å². The van der Waals surface area contributed by atoms with E-state index in [2.05, 4.69) is 4.90 Å². The molecule has 3 rings (SSSR count). The van der Waals surface area contributed by atoms with Crippen LogP contribution in [-0.2, 0) is 10.0 Å². The lowest BCUT2D eigenvalue weighted by Gasteiger charge is -2.23. The van der Waals surface area contributed by atoms with Gasteiger partial charge in [0.2, 0.25) is 10.0 Å². The van der Waals surface area contributed by atoms with Crippen molar-refractivity contribution < 1.29 is 18.3 Å². The summed E-state index contributed by atoms with van der Waals surface area (Å²) in [5, 5.41) is 8.88. The van der Waals surface area contributed by atoms with Crippen LogP contribution in [0.1, 0.15) is 29.6 Å². The van der Waals surface area contributed by atoms with E-state index >= 15 is 0 Å². The average molecular weight is 324 g/mol.